The van der Waals surface area contributed by atoms with Crippen LogP contribution in [0, 0.1) is 0 Å². The molecule has 0 fully saturated rings. The van der Waals surface area contributed by atoms with E-state index in [0.717, 1.165) is 0 Å². The van der Waals surface area contributed by atoms with Crippen LogP contribution in [0.4, 0.5) is 0 Å². The molecule has 0 saturated carbocycles. The van der Waals surface area contributed by atoms with Gasteiger partial charge in [0.15, 0.2) is 0 Å². The fraction of sp³-hybridized carbons (Fsp3) is 1.00. The Balaban J connectivity index is 4.68. The molecule has 0 radical (unpaired) electrons. The maximum absolute atomic E-state index is 2.38. The Kier molecular flexibility index (Phi) is 28.4. The zero-order valence-electron chi connectivity index (χ0n) is 25.0. The first-order valence-electron chi connectivity index (χ1n) is 16.7. The average molecular weight is 499 g/mol. The van der Waals surface area contributed by atoms with E-state index in [9.17, 15) is 0 Å². The Labute approximate surface area is 220 Å². The van der Waals surface area contributed by atoms with Crippen LogP contribution < -0.4 is 0 Å². The molecule has 0 spiro atoms. The summed E-state index contributed by atoms with van der Waals surface area (Å²) in [6.45, 7) is 9.39. The Morgan fingerprint density at radius 3 is 0.647 bits per heavy atom. The molecule has 0 N–H and O–H groups in total. The van der Waals surface area contributed by atoms with Crippen LogP contribution in [0.1, 0.15) is 188 Å². The van der Waals surface area contributed by atoms with Gasteiger partial charge in [-0.1, -0.05) is 0 Å². The Morgan fingerprint density at radius 2 is 0.412 bits per heavy atom. The van der Waals surface area contributed by atoms with Gasteiger partial charge in [0.1, 0.15) is 0 Å². The summed E-state index contributed by atoms with van der Waals surface area (Å²) in [6, 6.07) is 0. The summed E-state index contributed by atoms with van der Waals surface area (Å²) < 4.78 is 0. The number of hydrogen-bond donors (Lipinski definition) is 0. The molecule has 0 aliphatic carbocycles. The molecule has 34 heavy (non-hydrogen) atoms. The van der Waals surface area contributed by atoms with Crippen LogP contribution in [-0.4, -0.2) is 24.6 Å². The van der Waals surface area contributed by atoms with Gasteiger partial charge in [0, 0.05) is 0 Å². The van der Waals surface area contributed by atoms with Gasteiger partial charge in [-0.05, 0) is 0 Å². The van der Waals surface area contributed by atoms with Crippen LogP contribution in [0.5, 0.6) is 0 Å². The molecule has 0 saturated heterocycles. The van der Waals surface area contributed by atoms with Crippen molar-refractivity contribution in [2.45, 2.75) is 188 Å². The zero-order chi connectivity index (χ0) is 25.0. The van der Waals surface area contributed by atoms with Gasteiger partial charge < -0.3 is 0 Å². The van der Waals surface area contributed by atoms with Crippen molar-refractivity contribution in [1.82, 2.24) is 0 Å². The van der Waals surface area contributed by atoms with Gasteiger partial charge in [-0.2, -0.15) is 0 Å². The first-order chi connectivity index (χ1) is 16.7. The molecule has 0 atom stereocenters. The van der Waals surface area contributed by atoms with E-state index in [2.05, 4.69) is 27.7 Å². The van der Waals surface area contributed by atoms with Crippen LogP contribution in [0.25, 0.3) is 0 Å². The van der Waals surface area contributed by atoms with E-state index in [-0.39, 0.29) is 0 Å². The standard InChI is InChI=1S/C33H71P/c1-5-9-13-17-20-23-27-31-34(30-26-16-12-8-4,32-28-24-21-18-14-10-6-2)33-29-25-22-19-15-11-7-3/h34H,5-33H2,1-4H3. The second-order valence-electron chi connectivity index (χ2n) is 11.9. The average Bonchev–Trinajstić information content (AvgIpc) is 2.85. The van der Waals surface area contributed by atoms with Gasteiger partial charge in [0.05, 0.1) is 0 Å². The quantitative estimate of drug-likeness (QED) is 0.0710. The molecule has 0 heterocycles. The third-order valence-electron chi connectivity index (χ3n) is 8.49. The van der Waals surface area contributed by atoms with E-state index < -0.39 is 7.26 Å². The van der Waals surface area contributed by atoms with Gasteiger partial charge in [-0.15, -0.1) is 0 Å². The normalized spacial score (nSPS) is 12.5. The van der Waals surface area contributed by atoms with Gasteiger partial charge in [-0.25, -0.2) is 0 Å². The first-order valence-corrected chi connectivity index (χ1v) is 19.6. The molecule has 0 aliphatic heterocycles. The molecular formula is C33H71P. The second kappa shape index (κ2) is 28.0. The van der Waals surface area contributed by atoms with E-state index in [4.69, 9.17) is 0 Å². The summed E-state index contributed by atoms with van der Waals surface area (Å²) >= 11 is 0. The van der Waals surface area contributed by atoms with E-state index in [0.29, 0.717) is 0 Å². The molecule has 1 heteroatoms. The van der Waals surface area contributed by atoms with Crippen molar-refractivity contribution in [1.29, 1.82) is 0 Å². The minimum atomic E-state index is -1.07. The van der Waals surface area contributed by atoms with Gasteiger partial charge in [0.25, 0.3) is 0 Å². The van der Waals surface area contributed by atoms with Crippen LogP contribution >= 0.6 is 7.26 Å². The van der Waals surface area contributed by atoms with Crippen molar-refractivity contribution in [3.63, 3.8) is 0 Å². The predicted molar refractivity (Wildman–Crippen MR) is 166 cm³/mol. The second-order valence-corrected chi connectivity index (χ2v) is 16.9. The van der Waals surface area contributed by atoms with Crippen LogP contribution in [0.3, 0.4) is 0 Å². The van der Waals surface area contributed by atoms with Crippen molar-refractivity contribution in [2.75, 3.05) is 24.6 Å². The van der Waals surface area contributed by atoms with E-state index in [1.807, 2.05) is 0 Å². The summed E-state index contributed by atoms with van der Waals surface area (Å²) in [6.07, 6.45) is 43.9. The van der Waals surface area contributed by atoms with Crippen molar-refractivity contribution >= 4 is 7.26 Å². The van der Waals surface area contributed by atoms with E-state index in [1.54, 1.807) is 50.3 Å². The van der Waals surface area contributed by atoms with E-state index >= 15 is 0 Å². The fourth-order valence-electron chi connectivity index (χ4n) is 6.05. The monoisotopic (exact) mass is 499 g/mol. The maximum atomic E-state index is 2.38. The van der Waals surface area contributed by atoms with Crippen LogP contribution in [0.2, 0.25) is 0 Å². The summed E-state index contributed by atoms with van der Waals surface area (Å²) in [7, 11) is -1.07. The predicted octanol–water partition coefficient (Wildman–Crippen LogP) is 12.6. The topological polar surface area (TPSA) is 0 Å². The van der Waals surface area contributed by atoms with Crippen molar-refractivity contribution < 1.29 is 0 Å². The number of rotatable bonds is 29. The molecule has 0 amide bonds. The summed E-state index contributed by atoms with van der Waals surface area (Å²) in [5, 5.41) is 0. The van der Waals surface area contributed by atoms with Gasteiger partial charge >= 0.3 is 220 Å². The van der Waals surface area contributed by atoms with Crippen molar-refractivity contribution in [2.24, 2.45) is 0 Å². The minimum absolute atomic E-state index is 1.07. The molecule has 0 bridgehead atoms. The van der Waals surface area contributed by atoms with Gasteiger partial charge in [0.2, 0.25) is 0 Å². The molecule has 0 aromatic carbocycles. The molecule has 0 unspecified atom stereocenters. The number of hydrogen-bond acceptors (Lipinski definition) is 0. The van der Waals surface area contributed by atoms with Crippen molar-refractivity contribution in [3.8, 4) is 0 Å². The van der Waals surface area contributed by atoms with E-state index in [1.165, 1.54) is 135 Å². The summed E-state index contributed by atoms with van der Waals surface area (Å²) in [5.74, 6) is 0. The summed E-state index contributed by atoms with van der Waals surface area (Å²) in [4.78, 5) is 0. The van der Waals surface area contributed by atoms with Crippen molar-refractivity contribution in [3.05, 3.63) is 0 Å². The zero-order valence-corrected chi connectivity index (χ0v) is 26.0. The van der Waals surface area contributed by atoms with Gasteiger partial charge in [-0.3, -0.25) is 0 Å². The Hall–Kier alpha value is 0.430. The third-order valence-corrected chi connectivity index (χ3v) is 14.1. The molecule has 0 nitrogen and oxygen atoms in total. The molecule has 0 rings (SSSR count). The molecule has 0 aromatic rings. The molecular weight excluding hydrogens is 427 g/mol. The summed E-state index contributed by atoms with van der Waals surface area (Å²) in [5.41, 5.74) is 0. The van der Waals surface area contributed by atoms with Crippen LogP contribution in [0.15, 0.2) is 0 Å². The molecule has 0 aromatic heterocycles. The number of unbranched alkanes of at least 4 members (excludes halogenated alkanes) is 21. The Morgan fingerprint density at radius 1 is 0.235 bits per heavy atom. The SMILES string of the molecule is CCCCCCCCC[PH](CCCCCC)(CCCCCCCCC)CCCCCCCCC. The molecule has 208 valence electrons. The third kappa shape index (κ3) is 22.9. The molecule has 0 aliphatic rings. The fourth-order valence-corrected chi connectivity index (χ4v) is 11.5. The first kappa shape index (κ1) is 34.4. The van der Waals surface area contributed by atoms with Crippen LogP contribution in [-0.2, 0) is 0 Å². The Bertz CT molecular complexity index is 318.